The Morgan fingerprint density at radius 1 is 1.05 bits per heavy atom. The number of nitrogens with zero attached hydrogens (tertiary/aromatic N) is 2. The second-order valence-electron chi connectivity index (χ2n) is 7.38. The first-order valence-corrected chi connectivity index (χ1v) is 9.37. The zero-order valence-corrected chi connectivity index (χ0v) is 14.8. The largest absolute Gasteiger partial charge is 0.312 e. The fourth-order valence-electron chi connectivity index (χ4n) is 4.16. The van der Waals surface area contributed by atoms with Gasteiger partial charge in [-0.3, -0.25) is 9.80 Å². The van der Waals surface area contributed by atoms with Crippen molar-refractivity contribution in [2.75, 3.05) is 32.7 Å². The first-order valence-electron chi connectivity index (χ1n) is 9.37. The standard InChI is InChI=1S/C18H37N3/c1-5-9-19-17-8-7-16(6-2)14-18(17)21-12-10-20(11-13-21)15(3)4/h15-19H,5-14H2,1-4H3. The van der Waals surface area contributed by atoms with Crippen molar-refractivity contribution < 1.29 is 0 Å². The van der Waals surface area contributed by atoms with Gasteiger partial charge in [-0.2, -0.15) is 0 Å². The van der Waals surface area contributed by atoms with Crippen LogP contribution in [-0.4, -0.2) is 60.6 Å². The molecule has 3 heteroatoms. The molecule has 2 rings (SSSR count). The third-order valence-corrected chi connectivity index (χ3v) is 5.71. The molecule has 1 heterocycles. The molecule has 1 saturated heterocycles. The molecule has 0 radical (unpaired) electrons. The second-order valence-corrected chi connectivity index (χ2v) is 7.38. The maximum Gasteiger partial charge on any atom is 0.0253 e. The second kappa shape index (κ2) is 8.50. The summed E-state index contributed by atoms with van der Waals surface area (Å²) in [7, 11) is 0. The van der Waals surface area contributed by atoms with E-state index < -0.39 is 0 Å². The van der Waals surface area contributed by atoms with Crippen molar-refractivity contribution in [1.82, 2.24) is 15.1 Å². The van der Waals surface area contributed by atoms with E-state index in [0.717, 1.165) is 18.0 Å². The summed E-state index contributed by atoms with van der Waals surface area (Å²) in [6.07, 6.45) is 6.85. The number of rotatable bonds is 6. The van der Waals surface area contributed by atoms with Gasteiger partial charge in [0.05, 0.1) is 0 Å². The Hall–Kier alpha value is -0.120. The summed E-state index contributed by atoms with van der Waals surface area (Å²) in [5.74, 6) is 0.956. The lowest BCUT2D eigenvalue weighted by molar-refractivity contribution is 0.0374. The molecule has 0 amide bonds. The van der Waals surface area contributed by atoms with Crippen LogP contribution >= 0.6 is 0 Å². The Morgan fingerprint density at radius 3 is 2.33 bits per heavy atom. The Balaban J connectivity index is 1.92. The van der Waals surface area contributed by atoms with Crippen molar-refractivity contribution in [2.24, 2.45) is 5.92 Å². The molecule has 1 saturated carbocycles. The van der Waals surface area contributed by atoms with E-state index >= 15 is 0 Å². The Bertz CT molecular complexity index is 284. The minimum Gasteiger partial charge on any atom is -0.312 e. The zero-order valence-electron chi connectivity index (χ0n) is 14.8. The summed E-state index contributed by atoms with van der Waals surface area (Å²) in [4.78, 5) is 5.43. The molecule has 2 fully saturated rings. The lowest BCUT2D eigenvalue weighted by Gasteiger charge is -2.47. The van der Waals surface area contributed by atoms with E-state index in [0.29, 0.717) is 6.04 Å². The highest BCUT2D eigenvalue weighted by atomic mass is 15.3. The van der Waals surface area contributed by atoms with Gasteiger partial charge >= 0.3 is 0 Å². The molecule has 0 aromatic heterocycles. The fourth-order valence-corrected chi connectivity index (χ4v) is 4.16. The molecular weight excluding hydrogens is 258 g/mol. The van der Waals surface area contributed by atoms with Crippen LogP contribution in [0.25, 0.3) is 0 Å². The lowest BCUT2D eigenvalue weighted by atomic mass is 9.80. The summed E-state index contributed by atoms with van der Waals surface area (Å²) in [6.45, 7) is 15.5. The van der Waals surface area contributed by atoms with Gasteiger partial charge in [-0.05, 0) is 52.0 Å². The van der Waals surface area contributed by atoms with E-state index in [1.165, 1.54) is 64.8 Å². The van der Waals surface area contributed by atoms with Crippen LogP contribution in [-0.2, 0) is 0 Å². The van der Waals surface area contributed by atoms with Crippen molar-refractivity contribution in [2.45, 2.75) is 77.9 Å². The van der Waals surface area contributed by atoms with Crippen LogP contribution in [0.4, 0.5) is 0 Å². The SMILES string of the molecule is CCCNC1CCC(CC)CC1N1CCN(C(C)C)CC1. The van der Waals surface area contributed by atoms with Crippen LogP contribution in [0, 0.1) is 5.92 Å². The monoisotopic (exact) mass is 295 g/mol. The zero-order chi connectivity index (χ0) is 15.2. The summed E-state index contributed by atoms with van der Waals surface area (Å²) < 4.78 is 0. The maximum atomic E-state index is 3.84. The lowest BCUT2D eigenvalue weighted by Crippen LogP contribution is -2.59. The highest BCUT2D eigenvalue weighted by molar-refractivity contribution is 4.93. The van der Waals surface area contributed by atoms with Crippen LogP contribution < -0.4 is 5.32 Å². The van der Waals surface area contributed by atoms with Crippen molar-refractivity contribution in [3.63, 3.8) is 0 Å². The molecule has 1 aliphatic carbocycles. The van der Waals surface area contributed by atoms with Gasteiger partial charge in [0, 0.05) is 44.3 Å². The first kappa shape index (κ1) is 17.2. The third-order valence-electron chi connectivity index (χ3n) is 5.71. The molecule has 1 N–H and O–H groups in total. The molecule has 0 aromatic carbocycles. The summed E-state index contributed by atoms with van der Waals surface area (Å²) >= 11 is 0. The van der Waals surface area contributed by atoms with Crippen molar-refractivity contribution in [1.29, 1.82) is 0 Å². The van der Waals surface area contributed by atoms with Gasteiger partial charge in [-0.1, -0.05) is 20.3 Å². The highest BCUT2D eigenvalue weighted by Crippen LogP contribution is 2.30. The van der Waals surface area contributed by atoms with Gasteiger partial charge in [-0.15, -0.1) is 0 Å². The van der Waals surface area contributed by atoms with E-state index in [-0.39, 0.29) is 0 Å². The predicted octanol–water partition coefficient (Wildman–Crippen LogP) is 2.96. The Labute approximate surface area is 132 Å². The van der Waals surface area contributed by atoms with E-state index in [9.17, 15) is 0 Å². The number of hydrogen-bond donors (Lipinski definition) is 1. The van der Waals surface area contributed by atoms with Crippen LogP contribution in [0.1, 0.15) is 59.8 Å². The molecule has 0 spiro atoms. The van der Waals surface area contributed by atoms with Crippen molar-refractivity contribution >= 4 is 0 Å². The number of nitrogens with one attached hydrogen (secondary N) is 1. The van der Waals surface area contributed by atoms with E-state index in [2.05, 4.69) is 42.8 Å². The van der Waals surface area contributed by atoms with Crippen molar-refractivity contribution in [3.05, 3.63) is 0 Å². The normalized spacial score (nSPS) is 32.7. The molecule has 21 heavy (non-hydrogen) atoms. The molecule has 0 bridgehead atoms. The molecule has 124 valence electrons. The molecule has 2 aliphatic rings. The molecule has 3 unspecified atom stereocenters. The van der Waals surface area contributed by atoms with E-state index in [1.54, 1.807) is 0 Å². The van der Waals surface area contributed by atoms with Crippen LogP contribution in [0.3, 0.4) is 0 Å². The quantitative estimate of drug-likeness (QED) is 0.813. The average molecular weight is 296 g/mol. The third kappa shape index (κ3) is 4.67. The predicted molar refractivity (Wildman–Crippen MR) is 91.8 cm³/mol. The molecule has 3 nitrogen and oxygen atoms in total. The number of hydrogen-bond acceptors (Lipinski definition) is 3. The smallest absolute Gasteiger partial charge is 0.0253 e. The topological polar surface area (TPSA) is 18.5 Å². The van der Waals surface area contributed by atoms with Crippen LogP contribution in [0.15, 0.2) is 0 Å². The van der Waals surface area contributed by atoms with Gasteiger partial charge < -0.3 is 5.32 Å². The minimum absolute atomic E-state index is 0.705. The summed E-state index contributed by atoms with van der Waals surface area (Å²) in [5, 5.41) is 3.84. The van der Waals surface area contributed by atoms with Gasteiger partial charge in [0.25, 0.3) is 0 Å². The van der Waals surface area contributed by atoms with E-state index in [4.69, 9.17) is 0 Å². The Kier molecular flexibility index (Phi) is 6.97. The molecule has 0 aromatic rings. The van der Waals surface area contributed by atoms with Gasteiger partial charge in [0.15, 0.2) is 0 Å². The first-order chi connectivity index (χ1) is 10.2. The maximum absolute atomic E-state index is 3.84. The van der Waals surface area contributed by atoms with Crippen molar-refractivity contribution in [3.8, 4) is 0 Å². The van der Waals surface area contributed by atoms with Gasteiger partial charge in [0.1, 0.15) is 0 Å². The molecular formula is C18H37N3. The molecule has 3 atom stereocenters. The highest BCUT2D eigenvalue weighted by Gasteiger charge is 2.34. The number of piperazine rings is 1. The minimum atomic E-state index is 0.705. The fraction of sp³-hybridized carbons (Fsp3) is 1.00. The summed E-state index contributed by atoms with van der Waals surface area (Å²) in [5.41, 5.74) is 0. The van der Waals surface area contributed by atoms with Gasteiger partial charge in [-0.25, -0.2) is 0 Å². The van der Waals surface area contributed by atoms with E-state index in [1.807, 2.05) is 0 Å². The van der Waals surface area contributed by atoms with Crippen LogP contribution in [0.5, 0.6) is 0 Å². The van der Waals surface area contributed by atoms with Crippen LogP contribution in [0.2, 0.25) is 0 Å². The summed E-state index contributed by atoms with van der Waals surface area (Å²) in [6, 6.07) is 2.22. The Morgan fingerprint density at radius 2 is 1.76 bits per heavy atom. The molecule has 1 aliphatic heterocycles. The average Bonchev–Trinajstić information content (AvgIpc) is 2.53. The van der Waals surface area contributed by atoms with Gasteiger partial charge in [0.2, 0.25) is 0 Å².